The lowest BCUT2D eigenvalue weighted by Crippen LogP contribution is -2.29. The number of nitrogens with zero attached hydrogens (tertiary/aromatic N) is 2. The topological polar surface area (TPSA) is 68.6 Å². The molecule has 0 spiro atoms. The van der Waals surface area contributed by atoms with E-state index < -0.39 is 17.8 Å². The van der Waals surface area contributed by atoms with Gasteiger partial charge in [-0.3, -0.25) is 14.2 Å². The predicted octanol–water partition coefficient (Wildman–Crippen LogP) is 3.17. The highest BCUT2D eigenvalue weighted by Gasteiger charge is 2.40. The average molecular weight is 348 g/mol. The number of fused-ring (bicyclic) bond motifs is 1. The highest BCUT2D eigenvalue weighted by molar-refractivity contribution is 7.16. The first-order chi connectivity index (χ1) is 11.3. The van der Waals surface area contributed by atoms with Crippen molar-refractivity contribution in [1.82, 2.24) is 4.57 Å². The number of ether oxygens (including phenoxy) is 1. The number of anilines is 1. The number of benzene rings is 1. The van der Waals surface area contributed by atoms with Crippen LogP contribution in [0.15, 0.2) is 40.9 Å². The van der Waals surface area contributed by atoms with Gasteiger partial charge in [-0.15, -0.1) is 6.58 Å². The summed E-state index contributed by atoms with van der Waals surface area (Å²) < 4.78 is 21.2. The number of halogens is 1. The van der Waals surface area contributed by atoms with Crippen molar-refractivity contribution in [1.29, 1.82) is 0 Å². The van der Waals surface area contributed by atoms with E-state index in [2.05, 4.69) is 6.58 Å². The third kappa shape index (κ3) is 2.35. The molecule has 6 nitrogen and oxygen atoms in total. The zero-order chi connectivity index (χ0) is 17.6. The van der Waals surface area contributed by atoms with Gasteiger partial charge < -0.3 is 4.74 Å². The molecule has 2 heterocycles. The molecule has 3 rings (SSSR count). The third-order valence-electron chi connectivity index (χ3n) is 3.51. The van der Waals surface area contributed by atoms with Gasteiger partial charge in [0.2, 0.25) is 0 Å². The lowest BCUT2D eigenvalue weighted by atomic mass is 10.2. The molecule has 1 aromatic carbocycles. The molecule has 0 radical (unpaired) electrons. The first-order valence-electron chi connectivity index (χ1n) is 7.02. The molecule has 1 aromatic heterocycles. The third-order valence-corrected chi connectivity index (χ3v) is 4.45. The maximum atomic E-state index is 14.4. The molecule has 1 fully saturated rings. The van der Waals surface area contributed by atoms with E-state index in [1.807, 2.05) is 0 Å². The number of rotatable bonds is 3. The van der Waals surface area contributed by atoms with Gasteiger partial charge in [0.15, 0.2) is 5.76 Å². The monoisotopic (exact) mass is 348 g/mol. The zero-order valence-corrected chi connectivity index (χ0v) is 13.8. The number of thiazole rings is 1. The molecule has 0 aliphatic carbocycles. The highest BCUT2D eigenvalue weighted by Crippen LogP contribution is 2.32. The number of aromatic nitrogens is 1. The van der Waals surface area contributed by atoms with Crippen LogP contribution in [0.1, 0.15) is 13.8 Å². The Morgan fingerprint density at radius 1 is 1.33 bits per heavy atom. The highest BCUT2D eigenvalue weighted by atomic mass is 32.1. The summed E-state index contributed by atoms with van der Waals surface area (Å²) in [6.07, 6.45) is 0.565. The van der Waals surface area contributed by atoms with Crippen molar-refractivity contribution in [3.05, 3.63) is 51.6 Å². The maximum absolute atomic E-state index is 14.4. The van der Waals surface area contributed by atoms with E-state index in [9.17, 15) is 18.8 Å². The van der Waals surface area contributed by atoms with Crippen LogP contribution in [0.3, 0.4) is 0 Å². The minimum absolute atomic E-state index is 0.117. The number of carbonyl (C=O) groups excluding carboxylic acids is 2. The Labute approximate surface area is 140 Å². The van der Waals surface area contributed by atoms with Gasteiger partial charge in [-0.05, 0) is 31.6 Å². The van der Waals surface area contributed by atoms with Crippen LogP contribution in [-0.4, -0.2) is 16.6 Å². The number of cyclic esters (lactones) is 1. The molecule has 1 aliphatic rings. The molecule has 0 atom stereocenters. The number of carbonyl (C=O) groups is 2. The van der Waals surface area contributed by atoms with Gasteiger partial charge in [0.1, 0.15) is 5.82 Å². The molecule has 0 N–H and O–H groups in total. The second kappa shape index (κ2) is 5.72. The normalized spacial score (nSPS) is 14.5. The van der Waals surface area contributed by atoms with E-state index in [4.69, 9.17) is 4.74 Å². The largest absolute Gasteiger partial charge is 0.427 e. The Morgan fingerprint density at radius 3 is 2.62 bits per heavy atom. The van der Waals surface area contributed by atoms with Crippen molar-refractivity contribution in [2.24, 2.45) is 0 Å². The van der Waals surface area contributed by atoms with Gasteiger partial charge >= 0.3 is 16.9 Å². The fraction of sp³-hybridized carbons (Fsp3) is 0.188. The van der Waals surface area contributed by atoms with E-state index in [1.54, 1.807) is 13.8 Å². The van der Waals surface area contributed by atoms with Crippen LogP contribution in [0, 0.1) is 5.82 Å². The maximum Gasteiger partial charge on any atom is 0.427 e. The molecule has 24 heavy (non-hydrogen) atoms. The molecule has 124 valence electrons. The van der Waals surface area contributed by atoms with E-state index >= 15 is 0 Å². The molecular weight excluding hydrogens is 335 g/mol. The number of amides is 2. The summed E-state index contributed by atoms with van der Waals surface area (Å²) in [6, 6.07) is 2.44. The van der Waals surface area contributed by atoms with Crippen LogP contribution in [-0.2, 0) is 16.1 Å². The Hall–Kier alpha value is -2.74. The Kier molecular flexibility index (Phi) is 3.84. The molecule has 1 aliphatic heterocycles. The molecule has 8 heteroatoms. The van der Waals surface area contributed by atoms with Crippen LogP contribution in [0.2, 0.25) is 0 Å². The van der Waals surface area contributed by atoms with Gasteiger partial charge in [-0.2, -0.15) is 0 Å². The molecule has 1 saturated heterocycles. The standard InChI is InChI=1S/C16H13FN2O4S/c1-4-5-18-11-7-10(9(17)6-12(11)24-16(18)22)19-14(20)13(8(2)3)23-15(19)21/h4,6-7H,1,5H2,2-3H3. The summed E-state index contributed by atoms with van der Waals surface area (Å²) in [7, 11) is 0. The average Bonchev–Trinajstić information content (AvgIpc) is 2.96. The lowest BCUT2D eigenvalue weighted by molar-refractivity contribution is -0.114. The van der Waals surface area contributed by atoms with Crippen molar-refractivity contribution >= 4 is 39.2 Å². The van der Waals surface area contributed by atoms with Gasteiger partial charge in [0.05, 0.1) is 15.9 Å². The van der Waals surface area contributed by atoms with E-state index in [0.29, 0.717) is 20.7 Å². The van der Waals surface area contributed by atoms with E-state index in [0.717, 1.165) is 17.4 Å². The van der Waals surface area contributed by atoms with Crippen molar-refractivity contribution in [3.63, 3.8) is 0 Å². The first kappa shape index (κ1) is 16.1. The van der Waals surface area contributed by atoms with Gasteiger partial charge in [-0.25, -0.2) is 14.1 Å². The van der Waals surface area contributed by atoms with E-state index in [1.165, 1.54) is 16.7 Å². The number of hydrogen-bond donors (Lipinski definition) is 0. The van der Waals surface area contributed by atoms with Crippen LogP contribution in [0.5, 0.6) is 0 Å². The minimum Gasteiger partial charge on any atom is -0.404 e. The van der Waals surface area contributed by atoms with Crippen LogP contribution in [0.4, 0.5) is 14.9 Å². The summed E-state index contributed by atoms with van der Waals surface area (Å²) in [5.74, 6) is -1.63. The summed E-state index contributed by atoms with van der Waals surface area (Å²) in [4.78, 5) is 36.7. The fourth-order valence-corrected chi connectivity index (χ4v) is 3.34. The van der Waals surface area contributed by atoms with Crippen molar-refractivity contribution in [3.8, 4) is 0 Å². The fourth-order valence-electron chi connectivity index (χ4n) is 2.43. The van der Waals surface area contributed by atoms with Gasteiger partial charge in [0, 0.05) is 6.54 Å². The predicted molar refractivity (Wildman–Crippen MR) is 88.6 cm³/mol. The molecular formula is C16H13FN2O4S. The summed E-state index contributed by atoms with van der Waals surface area (Å²) in [6.45, 7) is 7.05. The van der Waals surface area contributed by atoms with Gasteiger partial charge in [-0.1, -0.05) is 17.4 Å². The zero-order valence-electron chi connectivity index (χ0n) is 13.0. The molecule has 0 unspecified atom stereocenters. The molecule has 0 bridgehead atoms. The molecule has 2 amide bonds. The van der Waals surface area contributed by atoms with Gasteiger partial charge in [0.25, 0.3) is 0 Å². The van der Waals surface area contributed by atoms with Crippen molar-refractivity contribution in [2.45, 2.75) is 20.4 Å². The first-order valence-corrected chi connectivity index (χ1v) is 7.84. The Balaban J connectivity index is 2.21. The minimum atomic E-state index is -0.970. The lowest BCUT2D eigenvalue weighted by Gasteiger charge is -2.12. The number of hydrogen-bond acceptors (Lipinski definition) is 5. The second-order valence-electron chi connectivity index (χ2n) is 5.38. The van der Waals surface area contributed by atoms with Crippen LogP contribution < -0.4 is 9.77 Å². The summed E-state index contributed by atoms with van der Waals surface area (Å²) in [5.41, 5.74) is 0.688. The summed E-state index contributed by atoms with van der Waals surface area (Å²) >= 11 is 0.882. The SMILES string of the molecule is C=CCn1c(=O)sc2cc(F)c(N3C(=O)OC(=C(C)C)C3=O)cc21. The van der Waals surface area contributed by atoms with Crippen molar-refractivity contribution < 1.29 is 18.7 Å². The van der Waals surface area contributed by atoms with Crippen LogP contribution in [0.25, 0.3) is 10.2 Å². The Morgan fingerprint density at radius 2 is 2.04 bits per heavy atom. The smallest absolute Gasteiger partial charge is 0.404 e. The Bertz CT molecular complexity index is 982. The number of allylic oxidation sites excluding steroid dienone is 2. The molecule has 2 aromatic rings. The quantitative estimate of drug-likeness (QED) is 0.631. The number of imide groups is 1. The van der Waals surface area contributed by atoms with Crippen LogP contribution >= 0.6 is 11.3 Å². The second-order valence-corrected chi connectivity index (χ2v) is 6.37. The molecule has 0 saturated carbocycles. The van der Waals surface area contributed by atoms with Crippen molar-refractivity contribution in [2.75, 3.05) is 4.90 Å². The summed E-state index contributed by atoms with van der Waals surface area (Å²) in [5, 5.41) is 0. The van der Waals surface area contributed by atoms with E-state index in [-0.39, 0.29) is 22.9 Å².